The third-order valence-corrected chi connectivity index (χ3v) is 6.38. The second kappa shape index (κ2) is 8.87. The van der Waals surface area contributed by atoms with Crippen LogP contribution in [-0.4, -0.2) is 44.8 Å². The number of aryl methyl sites for hydroxylation is 1. The van der Waals surface area contributed by atoms with Gasteiger partial charge in [-0.15, -0.1) is 0 Å². The lowest BCUT2D eigenvalue weighted by atomic mass is 10.0. The van der Waals surface area contributed by atoms with Crippen LogP contribution in [0.2, 0.25) is 0 Å². The molecule has 1 amide bonds. The Morgan fingerprint density at radius 3 is 2.54 bits per heavy atom. The number of hydrogen-bond donors (Lipinski definition) is 1. The number of carbonyl (C=O) groups is 1. The second-order valence-corrected chi connectivity index (χ2v) is 9.08. The van der Waals surface area contributed by atoms with E-state index < -0.39 is 0 Å². The number of nitrogens with zero attached hydrogens (tertiary/aromatic N) is 6. The summed E-state index contributed by atoms with van der Waals surface area (Å²) >= 11 is 0. The Morgan fingerprint density at radius 1 is 1.03 bits per heavy atom. The molecule has 0 aliphatic carbocycles. The van der Waals surface area contributed by atoms with E-state index in [0.29, 0.717) is 5.95 Å². The number of likely N-dealkylation sites (N-methyl/N-ethyl adjacent to an activating group) is 1. The van der Waals surface area contributed by atoms with Gasteiger partial charge in [0.25, 0.3) is 0 Å². The van der Waals surface area contributed by atoms with Gasteiger partial charge in [0.1, 0.15) is 6.04 Å². The summed E-state index contributed by atoms with van der Waals surface area (Å²) in [6, 6.07) is 17.8. The highest BCUT2D eigenvalue weighted by Crippen LogP contribution is 2.39. The molecule has 0 fully saturated rings. The average molecular weight is 468 g/mol. The molecule has 0 saturated carbocycles. The van der Waals surface area contributed by atoms with Gasteiger partial charge in [0.2, 0.25) is 11.9 Å². The summed E-state index contributed by atoms with van der Waals surface area (Å²) < 4.78 is 1.86. The largest absolute Gasteiger partial charge is 0.356 e. The first-order chi connectivity index (χ1) is 16.8. The predicted octanol–water partition coefficient (Wildman–Crippen LogP) is 4.96. The van der Waals surface area contributed by atoms with Gasteiger partial charge in [0, 0.05) is 36.7 Å². The first kappa shape index (κ1) is 22.6. The van der Waals surface area contributed by atoms with Crippen molar-refractivity contribution in [1.82, 2.24) is 19.7 Å². The van der Waals surface area contributed by atoms with Crippen molar-refractivity contribution < 1.29 is 4.79 Å². The minimum Gasteiger partial charge on any atom is -0.356 e. The monoisotopic (exact) mass is 467 g/mol. The molecule has 0 spiro atoms. The van der Waals surface area contributed by atoms with Crippen LogP contribution in [0, 0.1) is 6.92 Å². The van der Waals surface area contributed by atoms with E-state index in [1.165, 1.54) is 0 Å². The number of rotatable bonds is 5. The summed E-state index contributed by atoms with van der Waals surface area (Å²) in [5.74, 6) is 0.591. The number of amides is 1. The average Bonchev–Trinajstić information content (AvgIpc) is 3.25. The van der Waals surface area contributed by atoms with Crippen LogP contribution in [0.1, 0.15) is 26.5 Å². The summed E-state index contributed by atoms with van der Waals surface area (Å²) in [4.78, 5) is 25.8. The normalized spacial score (nSPS) is 15.5. The van der Waals surface area contributed by atoms with E-state index in [1.54, 1.807) is 11.1 Å². The molecular weight excluding hydrogens is 438 g/mol. The Kier molecular flexibility index (Phi) is 5.72. The van der Waals surface area contributed by atoms with Gasteiger partial charge < -0.3 is 15.1 Å². The molecule has 2 aromatic heterocycles. The number of hydrogen-bond acceptors (Lipinski definition) is 6. The predicted molar refractivity (Wildman–Crippen MR) is 140 cm³/mol. The van der Waals surface area contributed by atoms with E-state index in [9.17, 15) is 4.79 Å². The molecule has 1 aliphatic heterocycles. The van der Waals surface area contributed by atoms with Crippen LogP contribution < -0.4 is 15.1 Å². The molecule has 8 heteroatoms. The van der Waals surface area contributed by atoms with Crippen molar-refractivity contribution in [2.24, 2.45) is 0 Å². The van der Waals surface area contributed by atoms with E-state index in [0.717, 1.165) is 39.7 Å². The molecule has 1 aliphatic rings. The van der Waals surface area contributed by atoms with Gasteiger partial charge in [-0.05, 0) is 64.1 Å². The van der Waals surface area contributed by atoms with Gasteiger partial charge in [-0.3, -0.25) is 4.79 Å². The standard InChI is InChI=1S/C27H29N7O/c1-17(2)34-19(4)26(35)32(5)24-12-11-20(15-25(24)34)29-27-28-14-13-23(30-27)22-16-33(31-18(22)3)21-9-7-6-8-10-21/h6-17,19H,1-5H3,(H,28,29,30). The zero-order valence-corrected chi connectivity index (χ0v) is 20.6. The maximum Gasteiger partial charge on any atom is 0.249 e. The van der Waals surface area contributed by atoms with Crippen LogP contribution in [-0.2, 0) is 4.79 Å². The van der Waals surface area contributed by atoms with Crippen molar-refractivity contribution >= 4 is 28.9 Å². The molecule has 1 atom stereocenters. The first-order valence-corrected chi connectivity index (χ1v) is 11.8. The maximum atomic E-state index is 12.7. The lowest BCUT2D eigenvalue weighted by molar-refractivity contribution is -0.119. The number of benzene rings is 2. The molecule has 35 heavy (non-hydrogen) atoms. The van der Waals surface area contributed by atoms with E-state index in [-0.39, 0.29) is 18.0 Å². The molecule has 3 heterocycles. The first-order valence-electron chi connectivity index (χ1n) is 11.8. The van der Waals surface area contributed by atoms with Crippen LogP contribution in [0.25, 0.3) is 16.9 Å². The van der Waals surface area contributed by atoms with Gasteiger partial charge in [-0.25, -0.2) is 14.6 Å². The summed E-state index contributed by atoms with van der Waals surface area (Å²) in [5.41, 5.74) is 6.39. The number of nitrogens with one attached hydrogen (secondary N) is 1. The van der Waals surface area contributed by atoms with Crippen molar-refractivity contribution in [2.75, 3.05) is 22.2 Å². The van der Waals surface area contributed by atoms with Gasteiger partial charge in [0.15, 0.2) is 0 Å². The smallest absolute Gasteiger partial charge is 0.249 e. The van der Waals surface area contributed by atoms with Crippen LogP contribution >= 0.6 is 0 Å². The number of aromatic nitrogens is 4. The molecular formula is C27H29N7O. The highest BCUT2D eigenvalue weighted by Gasteiger charge is 2.34. The second-order valence-electron chi connectivity index (χ2n) is 9.08. The van der Waals surface area contributed by atoms with Crippen LogP contribution in [0.4, 0.5) is 23.0 Å². The number of carbonyl (C=O) groups excluding carboxylic acids is 1. The molecule has 8 nitrogen and oxygen atoms in total. The van der Waals surface area contributed by atoms with Crippen molar-refractivity contribution in [1.29, 1.82) is 0 Å². The molecule has 2 aromatic carbocycles. The molecule has 0 saturated heterocycles. The SMILES string of the molecule is Cc1nn(-c2ccccc2)cc1-c1ccnc(Nc2ccc3c(c2)N(C(C)C)C(C)C(=O)N3C)n1. The fourth-order valence-corrected chi connectivity index (χ4v) is 4.67. The quantitative estimate of drug-likeness (QED) is 0.447. The lowest BCUT2D eigenvalue weighted by Crippen LogP contribution is -2.53. The zero-order valence-electron chi connectivity index (χ0n) is 20.6. The molecule has 4 aromatic rings. The van der Waals surface area contributed by atoms with E-state index >= 15 is 0 Å². The van der Waals surface area contributed by atoms with E-state index in [4.69, 9.17) is 4.98 Å². The maximum absolute atomic E-state index is 12.7. The molecule has 1 unspecified atom stereocenters. The Morgan fingerprint density at radius 2 is 1.80 bits per heavy atom. The summed E-state index contributed by atoms with van der Waals surface area (Å²) in [6.07, 6.45) is 3.74. The third-order valence-electron chi connectivity index (χ3n) is 6.38. The lowest BCUT2D eigenvalue weighted by Gasteiger charge is -2.42. The fraction of sp³-hybridized carbons (Fsp3) is 0.259. The highest BCUT2D eigenvalue weighted by molar-refractivity contribution is 6.05. The number of fused-ring (bicyclic) bond motifs is 1. The Hall–Kier alpha value is -4.20. The van der Waals surface area contributed by atoms with Gasteiger partial charge in [0.05, 0.1) is 28.5 Å². The molecule has 178 valence electrons. The zero-order chi connectivity index (χ0) is 24.7. The molecule has 5 rings (SSSR count). The Labute approximate surface area is 205 Å². The van der Waals surface area contributed by atoms with E-state index in [1.807, 2.05) is 80.3 Å². The number of anilines is 4. The van der Waals surface area contributed by atoms with Crippen molar-refractivity contribution in [3.63, 3.8) is 0 Å². The summed E-state index contributed by atoms with van der Waals surface area (Å²) in [7, 11) is 1.83. The van der Waals surface area contributed by atoms with Crippen molar-refractivity contribution in [3.05, 3.63) is 72.7 Å². The molecule has 1 N–H and O–H groups in total. The summed E-state index contributed by atoms with van der Waals surface area (Å²) in [6.45, 7) is 8.13. The summed E-state index contributed by atoms with van der Waals surface area (Å²) in [5, 5.41) is 8.01. The molecule has 0 bridgehead atoms. The van der Waals surface area contributed by atoms with Crippen LogP contribution in [0.15, 0.2) is 67.0 Å². The fourth-order valence-electron chi connectivity index (χ4n) is 4.67. The minimum atomic E-state index is -0.230. The Bertz CT molecular complexity index is 1380. The van der Waals surface area contributed by atoms with Crippen LogP contribution in [0.5, 0.6) is 0 Å². The highest BCUT2D eigenvalue weighted by atomic mass is 16.2. The van der Waals surface area contributed by atoms with Crippen LogP contribution in [0.3, 0.4) is 0 Å². The third kappa shape index (κ3) is 4.12. The topological polar surface area (TPSA) is 79.2 Å². The van der Waals surface area contributed by atoms with Gasteiger partial charge in [-0.1, -0.05) is 18.2 Å². The Balaban J connectivity index is 1.45. The number of para-hydroxylation sites is 1. The minimum absolute atomic E-state index is 0.0920. The van der Waals surface area contributed by atoms with Crippen molar-refractivity contribution in [3.8, 4) is 16.9 Å². The molecule has 0 radical (unpaired) electrons. The van der Waals surface area contributed by atoms with Crippen molar-refractivity contribution in [2.45, 2.75) is 39.8 Å². The van der Waals surface area contributed by atoms with Gasteiger partial charge in [-0.2, -0.15) is 5.10 Å². The van der Waals surface area contributed by atoms with Gasteiger partial charge >= 0.3 is 0 Å². The van der Waals surface area contributed by atoms with E-state index in [2.05, 4.69) is 40.2 Å².